The minimum atomic E-state index is -0.839. The van der Waals surface area contributed by atoms with Crippen LogP contribution >= 0.6 is 0 Å². The second kappa shape index (κ2) is 8.23. The van der Waals surface area contributed by atoms with Gasteiger partial charge in [-0.2, -0.15) is 0 Å². The van der Waals surface area contributed by atoms with E-state index in [-0.39, 0.29) is 19.0 Å². The van der Waals surface area contributed by atoms with Crippen molar-refractivity contribution in [1.82, 2.24) is 5.32 Å². The first-order valence-corrected chi connectivity index (χ1v) is 7.58. The highest BCUT2D eigenvalue weighted by atomic mass is 19.1. The standard InChI is InChI=1S/C18H18F2N2O3/c1-12(23)22(17-15(19)7-4-8-16(17)20)10-9-21-18(24)13-5-3-6-14(11-13)25-2/h3-8,11H,9-10H2,1-2H3,(H,21,24). The van der Waals surface area contributed by atoms with Gasteiger partial charge in [0.1, 0.15) is 23.1 Å². The fourth-order valence-electron chi connectivity index (χ4n) is 2.32. The molecular weight excluding hydrogens is 330 g/mol. The van der Waals surface area contributed by atoms with Crippen molar-refractivity contribution in [2.24, 2.45) is 0 Å². The second-order valence-corrected chi connectivity index (χ2v) is 5.23. The van der Waals surface area contributed by atoms with Crippen molar-refractivity contribution in [3.63, 3.8) is 0 Å². The Morgan fingerprint density at radius 1 is 1.12 bits per heavy atom. The van der Waals surface area contributed by atoms with Crippen LogP contribution in [0.5, 0.6) is 5.75 Å². The zero-order chi connectivity index (χ0) is 18.4. The molecule has 2 amide bonds. The van der Waals surface area contributed by atoms with Gasteiger partial charge in [-0.25, -0.2) is 8.78 Å². The summed E-state index contributed by atoms with van der Waals surface area (Å²) in [5, 5.41) is 2.61. The third-order valence-electron chi connectivity index (χ3n) is 3.54. The van der Waals surface area contributed by atoms with E-state index in [0.717, 1.165) is 17.0 Å². The molecule has 0 heterocycles. The second-order valence-electron chi connectivity index (χ2n) is 5.23. The molecule has 1 N–H and O–H groups in total. The number of anilines is 1. The van der Waals surface area contributed by atoms with Crippen LogP contribution in [0.1, 0.15) is 17.3 Å². The summed E-state index contributed by atoms with van der Waals surface area (Å²) in [6.07, 6.45) is 0. The van der Waals surface area contributed by atoms with Crippen LogP contribution in [-0.2, 0) is 4.79 Å². The Morgan fingerprint density at radius 2 is 1.76 bits per heavy atom. The van der Waals surface area contributed by atoms with E-state index in [1.54, 1.807) is 24.3 Å². The number of benzene rings is 2. The third kappa shape index (κ3) is 4.53. The van der Waals surface area contributed by atoms with Crippen molar-refractivity contribution < 1.29 is 23.1 Å². The van der Waals surface area contributed by atoms with Crippen molar-refractivity contribution in [3.8, 4) is 5.75 Å². The number of methoxy groups -OCH3 is 1. The van der Waals surface area contributed by atoms with E-state index in [1.807, 2.05) is 0 Å². The molecule has 0 aromatic heterocycles. The maximum atomic E-state index is 13.9. The molecule has 0 radical (unpaired) electrons. The van der Waals surface area contributed by atoms with Crippen LogP contribution in [-0.4, -0.2) is 32.0 Å². The molecule has 0 saturated heterocycles. The number of nitrogens with one attached hydrogen (secondary N) is 1. The van der Waals surface area contributed by atoms with Gasteiger partial charge in [0.25, 0.3) is 5.91 Å². The van der Waals surface area contributed by atoms with E-state index in [0.29, 0.717) is 11.3 Å². The highest BCUT2D eigenvalue weighted by molar-refractivity contribution is 5.95. The van der Waals surface area contributed by atoms with Crippen LogP contribution < -0.4 is 15.0 Å². The molecule has 0 atom stereocenters. The van der Waals surface area contributed by atoms with Gasteiger partial charge in [-0.1, -0.05) is 12.1 Å². The highest BCUT2D eigenvalue weighted by Gasteiger charge is 2.20. The van der Waals surface area contributed by atoms with E-state index in [1.165, 1.54) is 20.1 Å². The number of halogens is 2. The maximum Gasteiger partial charge on any atom is 0.251 e. The van der Waals surface area contributed by atoms with Crippen molar-refractivity contribution in [2.75, 3.05) is 25.1 Å². The molecular formula is C18H18F2N2O3. The molecule has 0 saturated carbocycles. The van der Waals surface area contributed by atoms with Gasteiger partial charge in [0, 0.05) is 25.6 Å². The number of nitrogens with zero attached hydrogens (tertiary/aromatic N) is 1. The molecule has 2 aromatic rings. The van der Waals surface area contributed by atoms with Crippen LogP contribution in [0.25, 0.3) is 0 Å². The van der Waals surface area contributed by atoms with Crippen LogP contribution in [0.4, 0.5) is 14.5 Å². The summed E-state index contributed by atoms with van der Waals surface area (Å²) in [5.41, 5.74) is -0.0450. The molecule has 2 rings (SSSR count). The number of carbonyl (C=O) groups excluding carboxylic acids is 2. The molecule has 132 valence electrons. The maximum absolute atomic E-state index is 13.9. The Bertz CT molecular complexity index is 760. The van der Waals surface area contributed by atoms with Crippen LogP contribution in [0.2, 0.25) is 0 Å². The van der Waals surface area contributed by atoms with Crippen molar-refractivity contribution in [1.29, 1.82) is 0 Å². The van der Waals surface area contributed by atoms with Gasteiger partial charge in [0.05, 0.1) is 7.11 Å². The Labute approximate surface area is 144 Å². The third-order valence-corrected chi connectivity index (χ3v) is 3.54. The largest absolute Gasteiger partial charge is 0.497 e. The lowest BCUT2D eigenvalue weighted by Crippen LogP contribution is -2.38. The van der Waals surface area contributed by atoms with Gasteiger partial charge < -0.3 is 15.0 Å². The normalized spacial score (nSPS) is 10.2. The minimum Gasteiger partial charge on any atom is -0.497 e. The zero-order valence-electron chi connectivity index (χ0n) is 13.9. The molecule has 2 aromatic carbocycles. The highest BCUT2D eigenvalue weighted by Crippen LogP contribution is 2.23. The summed E-state index contributed by atoms with van der Waals surface area (Å²) in [6, 6.07) is 9.91. The Hall–Kier alpha value is -2.96. The summed E-state index contributed by atoms with van der Waals surface area (Å²) >= 11 is 0. The molecule has 0 aliphatic carbocycles. The van der Waals surface area contributed by atoms with E-state index >= 15 is 0 Å². The smallest absolute Gasteiger partial charge is 0.251 e. The summed E-state index contributed by atoms with van der Waals surface area (Å²) in [7, 11) is 1.49. The van der Waals surface area contributed by atoms with Crippen LogP contribution in [0.15, 0.2) is 42.5 Å². The molecule has 0 aliphatic heterocycles. The Balaban J connectivity index is 2.05. The summed E-state index contributed by atoms with van der Waals surface area (Å²) in [6.45, 7) is 1.17. The van der Waals surface area contributed by atoms with E-state index in [2.05, 4.69) is 5.32 Å². The number of carbonyl (C=O) groups is 2. The lowest BCUT2D eigenvalue weighted by Gasteiger charge is -2.22. The Morgan fingerprint density at radius 3 is 2.36 bits per heavy atom. The van der Waals surface area contributed by atoms with Gasteiger partial charge >= 0.3 is 0 Å². The number of hydrogen-bond donors (Lipinski definition) is 1. The van der Waals surface area contributed by atoms with Crippen molar-refractivity contribution >= 4 is 17.5 Å². The first kappa shape index (κ1) is 18.4. The van der Waals surface area contributed by atoms with Gasteiger partial charge in [0.2, 0.25) is 5.91 Å². The average Bonchev–Trinajstić information content (AvgIpc) is 2.59. The van der Waals surface area contributed by atoms with E-state index in [4.69, 9.17) is 4.74 Å². The van der Waals surface area contributed by atoms with E-state index in [9.17, 15) is 18.4 Å². The monoisotopic (exact) mass is 348 g/mol. The van der Waals surface area contributed by atoms with Crippen molar-refractivity contribution in [3.05, 3.63) is 59.7 Å². The number of rotatable bonds is 6. The molecule has 0 aliphatic rings. The number of para-hydroxylation sites is 1. The van der Waals surface area contributed by atoms with Gasteiger partial charge in [-0.15, -0.1) is 0 Å². The van der Waals surface area contributed by atoms with Gasteiger partial charge in [-0.3, -0.25) is 9.59 Å². The zero-order valence-corrected chi connectivity index (χ0v) is 13.9. The summed E-state index contributed by atoms with van der Waals surface area (Å²) in [5.74, 6) is -2.05. The average molecular weight is 348 g/mol. The lowest BCUT2D eigenvalue weighted by atomic mass is 10.2. The fraction of sp³-hybridized carbons (Fsp3) is 0.222. The Kier molecular flexibility index (Phi) is 6.05. The quantitative estimate of drug-likeness (QED) is 0.873. The fourth-order valence-corrected chi connectivity index (χ4v) is 2.32. The molecule has 0 bridgehead atoms. The summed E-state index contributed by atoms with van der Waals surface area (Å²) in [4.78, 5) is 24.8. The van der Waals surface area contributed by atoms with Crippen molar-refractivity contribution in [2.45, 2.75) is 6.92 Å². The molecule has 0 fully saturated rings. The molecule has 0 unspecified atom stereocenters. The van der Waals surface area contributed by atoms with Crippen LogP contribution in [0.3, 0.4) is 0 Å². The SMILES string of the molecule is COc1cccc(C(=O)NCCN(C(C)=O)c2c(F)cccc2F)c1. The van der Waals surface area contributed by atoms with Gasteiger partial charge in [-0.05, 0) is 30.3 Å². The lowest BCUT2D eigenvalue weighted by molar-refractivity contribution is -0.116. The first-order chi connectivity index (χ1) is 11.9. The van der Waals surface area contributed by atoms with Crippen LogP contribution in [0, 0.1) is 11.6 Å². The molecule has 25 heavy (non-hydrogen) atoms. The molecule has 7 heteroatoms. The topological polar surface area (TPSA) is 58.6 Å². The number of amides is 2. The number of ether oxygens (including phenoxy) is 1. The predicted octanol–water partition coefficient (Wildman–Crippen LogP) is 2.76. The minimum absolute atomic E-state index is 0.0311. The predicted molar refractivity (Wildman–Crippen MR) is 89.7 cm³/mol. The molecule has 0 spiro atoms. The first-order valence-electron chi connectivity index (χ1n) is 7.58. The summed E-state index contributed by atoms with van der Waals surface area (Å²) < 4.78 is 32.8. The number of hydrogen-bond acceptors (Lipinski definition) is 3. The van der Waals surface area contributed by atoms with Gasteiger partial charge in [0.15, 0.2) is 0 Å². The molecule has 5 nitrogen and oxygen atoms in total. The van der Waals surface area contributed by atoms with E-state index < -0.39 is 23.2 Å².